The molecule has 0 saturated carbocycles. The number of primary amides is 1. The van der Waals surface area contributed by atoms with E-state index in [0.29, 0.717) is 5.95 Å². The minimum Gasteiger partial charge on any atom is -0.368 e. The second-order valence-electron chi connectivity index (χ2n) is 3.48. The molecule has 0 aliphatic rings. The summed E-state index contributed by atoms with van der Waals surface area (Å²) in [4.78, 5) is 19.2. The van der Waals surface area contributed by atoms with Gasteiger partial charge < -0.3 is 11.1 Å². The van der Waals surface area contributed by atoms with Crippen LogP contribution in [0.4, 0.5) is 5.95 Å². The van der Waals surface area contributed by atoms with E-state index in [1.54, 1.807) is 18.5 Å². The molecule has 0 saturated heterocycles. The molecule has 0 aliphatic carbocycles. The lowest BCUT2D eigenvalue weighted by molar-refractivity contribution is -0.119. The van der Waals surface area contributed by atoms with Gasteiger partial charge in [-0.05, 0) is 12.0 Å². The third-order valence-electron chi connectivity index (χ3n) is 2.37. The summed E-state index contributed by atoms with van der Waals surface area (Å²) in [6.45, 7) is 3.97. The Hall–Kier alpha value is -1.65. The minimum atomic E-state index is -0.419. The van der Waals surface area contributed by atoms with E-state index in [2.05, 4.69) is 15.3 Å². The van der Waals surface area contributed by atoms with E-state index >= 15 is 0 Å². The van der Waals surface area contributed by atoms with Crippen LogP contribution in [0.1, 0.15) is 20.3 Å². The topological polar surface area (TPSA) is 80.9 Å². The maximum Gasteiger partial charge on any atom is 0.240 e. The van der Waals surface area contributed by atoms with Crippen LogP contribution in [-0.2, 0) is 4.79 Å². The largest absolute Gasteiger partial charge is 0.368 e. The normalized spacial score (nSPS) is 14.3. The smallest absolute Gasteiger partial charge is 0.240 e. The average Bonchev–Trinajstić information content (AvgIpc) is 2.26. The van der Waals surface area contributed by atoms with Crippen molar-refractivity contribution in [1.82, 2.24) is 9.97 Å². The monoisotopic (exact) mass is 208 g/mol. The lowest BCUT2D eigenvalue weighted by atomic mass is 9.99. The quantitative estimate of drug-likeness (QED) is 0.749. The van der Waals surface area contributed by atoms with E-state index in [4.69, 9.17) is 5.73 Å². The molecule has 1 amide bonds. The van der Waals surface area contributed by atoms with Crippen molar-refractivity contribution in [2.45, 2.75) is 26.3 Å². The lowest BCUT2D eigenvalue weighted by Gasteiger charge is -2.20. The van der Waals surface area contributed by atoms with Gasteiger partial charge in [0.1, 0.15) is 6.04 Å². The Morgan fingerprint density at radius 3 is 2.60 bits per heavy atom. The zero-order chi connectivity index (χ0) is 11.3. The molecule has 2 atom stereocenters. The van der Waals surface area contributed by atoms with Crippen molar-refractivity contribution in [1.29, 1.82) is 0 Å². The van der Waals surface area contributed by atoms with Crippen LogP contribution in [0.5, 0.6) is 0 Å². The highest BCUT2D eigenvalue weighted by Gasteiger charge is 2.21. The fraction of sp³-hybridized carbons (Fsp3) is 0.500. The number of carbonyl (C=O) groups excluding carboxylic acids is 1. The van der Waals surface area contributed by atoms with Crippen molar-refractivity contribution in [2.24, 2.45) is 11.7 Å². The maximum absolute atomic E-state index is 11.2. The van der Waals surface area contributed by atoms with Gasteiger partial charge in [-0.3, -0.25) is 4.79 Å². The maximum atomic E-state index is 11.2. The Bertz CT molecular complexity index is 314. The van der Waals surface area contributed by atoms with Crippen LogP contribution < -0.4 is 11.1 Å². The molecule has 3 N–H and O–H groups in total. The second kappa shape index (κ2) is 5.29. The molecule has 0 fully saturated rings. The highest BCUT2D eigenvalue weighted by Crippen LogP contribution is 2.11. The summed E-state index contributed by atoms with van der Waals surface area (Å²) in [5.41, 5.74) is 5.30. The SMILES string of the molecule is CC[C@H](C)[C@H](Nc1ncccn1)C(N)=O. The van der Waals surface area contributed by atoms with Crippen molar-refractivity contribution in [3.05, 3.63) is 18.5 Å². The van der Waals surface area contributed by atoms with Gasteiger partial charge in [0.15, 0.2) is 0 Å². The van der Waals surface area contributed by atoms with E-state index in [1.807, 2.05) is 13.8 Å². The first-order valence-corrected chi connectivity index (χ1v) is 4.98. The molecule has 5 heteroatoms. The summed E-state index contributed by atoms with van der Waals surface area (Å²) in [6.07, 6.45) is 4.10. The van der Waals surface area contributed by atoms with Gasteiger partial charge in [0.05, 0.1) is 0 Å². The number of amides is 1. The zero-order valence-electron chi connectivity index (χ0n) is 8.97. The molecule has 1 aromatic rings. The number of nitrogens with two attached hydrogens (primary N) is 1. The molecule has 1 aromatic heterocycles. The fourth-order valence-corrected chi connectivity index (χ4v) is 1.24. The Balaban J connectivity index is 2.71. The Kier molecular flexibility index (Phi) is 4.03. The number of rotatable bonds is 5. The number of hydrogen-bond acceptors (Lipinski definition) is 4. The number of carbonyl (C=O) groups is 1. The lowest BCUT2D eigenvalue weighted by Crippen LogP contribution is -2.40. The van der Waals surface area contributed by atoms with Crippen LogP contribution in [0.15, 0.2) is 18.5 Å². The predicted octanol–water partition coefficient (Wildman–Crippen LogP) is 0.788. The second-order valence-corrected chi connectivity index (χ2v) is 3.48. The van der Waals surface area contributed by atoms with E-state index < -0.39 is 6.04 Å². The summed E-state index contributed by atoms with van der Waals surface area (Å²) in [5, 5.41) is 2.93. The molecular formula is C10H16N4O. The highest BCUT2D eigenvalue weighted by atomic mass is 16.1. The molecule has 0 unspecified atom stereocenters. The molecule has 0 spiro atoms. The Labute approximate surface area is 89.1 Å². The summed E-state index contributed by atoms with van der Waals surface area (Å²) >= 11 is 0. The van der Waals surface area contributed by atoms with Crippen LogP contribution in [0.2, 0.25) is 0 Å². The predicted molar refractivity (Wildman–Crippen MR) is 58.1 cm³/mol. The first-order chi connectivity index (χ1) is 7.15. The first-order valence-electron chi connectivity index (χ1n) is 4.98. The molecule has 15 heavy (non-hydrogen) atoms. The molecule has 5 nitrogen and oxygen atoms in total. The standard InChI is InChI=1S/C10H16N4O/c1-3-7(2)8(9(11)15)14-10-12-5-4-6-13-10/h4-8H,3H2,1-2H3,(H2,11,15)(H,12,13,14)/t7-,8-/m0/s1. The fourth-order valence-electron chi connectivity index (χ4n) is 1.24. The number of aromatic nitrogens is 2. The summed E-state index contributed by atoms with van der Waals surface area (Å²) in [7, 11) is 0. The highest BCUT2D eigenvalue weighted by molar-refractivity contribution is 5.82. The first kappa shape index (κ1) is 11.4. The van der Waals surface area contributed by atoms with Gasteiger partial charge in [0, 0.05) is 12.4 Å². The number of nitrogens with one attached hydrogen (secondary N) is 1. The van der Waals surface area contributed by atoms with E-state index in [1.165, 1.54) is 0 Å². The number of nitrogens with zero attached hydrogens (tertiary/aromatic N) is 2. The van der Waals surface area contributed by atoms with Crippen LogP contribution in [-0.4, -0.2) is 21.9 Å². The van der Waals surface area contributed by atoms with Gasteiger partial charge in [0.25, 0.3) is 0 Å². The summed E-state index contributed by atoms with van der Waals surface area (Å²) in [5.74, 6) is 0.213. The van der Waals surface area contributed by atoms with Crippen molar-refractivity contribution < 1.29 is 4.79 Å². The Morgan fingerprint density at radius 2 is 2.13 bits per heavy atom. The van der Waals surface area contributed by atoms with E-state index in [-0.39, 0.29) is 11.8 Å². The third kappa shape index (κ3) is 3.19. The zero-order valence-corrected chi connectivity index (χ0v) is 8.97. The minimum absolute atomic E-state index is 0.159. The molecule has 82 valence electrons. The number of anilines is 1. The van der Waals surface area contributed by atoms with Gasteiger partial charge in [-0.2, -0.15) is 0 Å². The molecule has 0 bridgehead atoms. The van der Waals surface area contributed by atoms with Gasteiger partial charge in [-0.15, -0.1) is 0 Å². The third-order valence-corrected chi connectivity index (χ3v) is 2.37. The average molecular weight is 208 g/mol. The molecule has 1 rings (SSSR count). The van der Waals surface area contributed by atoms with Crippen LogP contribution >= 0.6 is 0 Å². The van der Waals surface area contributed by atoms with Crippen molar-refractivity contribution in [3.63, 3.8) is 0 Å². The Morgan fingerprint density at radius 1 is 1.53 bits per heavy atom. The number of hydrogen-bond donors (Lipinski definition) is 2. The van der Waals surface area contributed by atoms with Crippen molar-refractivity contribution in [2.75, 3.05) is 5.32 Å². The van der Waals surface area contributed by atoms with Crippen molar-refractivity contribution in [3.8, 4) is 0 Å². The molecular weight excluding hydrogens is 192 g/mol. The summed E-state index contributed by atoms with van der Waals surface area (Å²) < 4.78 is 0. The molecule has 1 heterocycles. The van der Waals surface area contributed by atoms with Gasteiger partial charge in [-0.25, -0.2) is 9.97 Å². The molecule has 0 aromatic carbocycles. The molecule has 0 aliphatic heterocycles. The molecule has 0 radical (unpaired) electrons. The van der Waals surface area contributed by atoms with Gasteiger partial charge >= 0.3 is 0 Å². The van der Waals surface area contributed by atoms with Crippen LogP contribution in [0.3, 0.4) is 0 Å². The summed E-state index contributed by atoms with van der Waals surface area (Å²) in [6, 6.07) is 1.30. The van der Waals surface area contributed by atoms with Gasteiger partial charge in [-0.1, -0.05) is 20.3 Å². The van der Waals surface area contributed by atoms with Gasteiger partial charge in [0.2, 0.25) is 11.9 Å². The van der Waals surface area contributed by atoms with E-state index in [9.17, 15) is 4.79 Å². The van der Waals surface area contributed by atoms with Crippen LogP contribution in [0.25, 0.3) is 0 Å². The van der Waals surface area contributed by atoms with Crippen molar-refractivity contribution >= 4 is 11.9 Å². The van der Waals surface area contributed by atoms with E-state index in [0.717, 1.165) is 6.42 Å². The van der Waals surface area contributed by atoms with Crippen LogP contribution in [0, 0.1) is 5.92 Å².